The van der Waals surface area contributed by atoms with Gasteiger partial charge in [-0.25, -0.2) is 0 Å². The second-order valence-corrected chi connectivity index (χ2v) is 4.17. The Morgan fingerprint density at radius 2 is 2.36 bits per heavy atom. The van der Waals surface area contributed by atoms with Gasteiger partial charge in [-0.05, 0) is 39.9 Å². The molecule has 0 aromatic heterocycles. The first kappa shape index (κ1) is 12.0. The lowest BCUT2D eigenvalue weighted by Crippen LogP contribution is -2.40. The molecule has 0 radical (unpaired) electrons. The minimum absolute atomic E-state index is 0.645. The number of nitrogens with one attached hydrogen (secondary N) is 1. The molecule has 1 N–H and O–H groups in total. The van der Waals surface area contributed by atoms with Gasteiger partial charge in [0.25, 0.3) is 0 Å². The Balaban J connectivity index is 2.17. The van der Waals surface area contributed by atoms with E-state index in [9.17, 15) is 0 Å². The third-order valence-electron chi connectivity index (χ3n) is 3.17. The summed E-state index contributed by atoms with van der Waals surface area (Å²) < 4.78 is 5.40. The van der Waals surface area contributed by atoms with E-state index < -0.39 is 0 Å². The third kappa shape index (κ3) is 3.56. The van der Waals surface area contributed by atoms with E-state index in [4.69, 9.17) is 4.74 Å². The first-order valence-electron chi connectivity index (χ1n) is 5.76. The van der Waals surface area contributed by atoms with E-state index in [1.165, 1.54) is 12.8 Å². The van der Waals surface area contributed by atoms with Gasteiger partial charge in [0.2, 0.25) is 0 Å². The van der Waals surface area contributed by atoms with Crippen LogP contribution in [0.3, 0.4) is 0 Å². The number of likely N-dealkylation sites (N-methyl/N-ethyl adjacent to an activating group) is 1. The molecule has 0 bridgehead atoms. The molecule has 2 atom stereocenters. The highest BCUT2D eigenvalue weighted by molar-refractivity contribution is 4.77. The lowest BCUT2D eigenvalue weighted by molar-refractivity contribution is 0.134. The number of hydrogen-bond donors (Lipinski definition) is 1. The summed E-state index contributed by atoms with van der Waals surface area (Å²) in [5.41, 5.74) is 0. The number of nitrogens with zero attached hydrogens (tertiary/aromatic N) is 1. The monoisotopic (exact) mass is 200 g/mol. The summed E-state index contributed by atoms with van der Waals surface area (Å²) in [7, 11) is 2.22. The molecule has 1 rings (SSSR count). The van der Waals surface area contributed by atoms with Crippen LogP contribution < -0.4 is 5.32 Å². The number of ether oxygens (including phenoxy) is 1. The predicted molar refractivity (Wildman–Crippen MR) is 59.6 cm³/mol. The van der Waals surface area contributed by atoms with Gasteiger partial charge in [-0.15, -0.1) is 0 Å². The normalized spacial score (nSPS) is 24.4. The molecule has 1 heterocycles. The first-order chi connectivity index (χ1) is 6.75. The SMILES string of the molecule is CCNCCC(C)N(C)C1CCOC1. The van der Waals surface area contributed by atoms with Crippen LogP contribution in [0.5, 0.6) is 0 Å². The smallest absolute Gasteiger partial charge is 0.0622 e. The molecular formula is C11H24N2O. The molecule has 1 fully saturated rings. The van der Waals surface area contributed by atoms with Crippen LogP contribution in [0.2, 0.25) is 0 Å². The van der Waals surface area contributed by atoms with Crippen molar-refractivity contribution in [3.63, 3.8) is 0 Å². The quantitative estimate of drug-likeness (QED) is 0.650. The van der Waals surface area contributed by atoms with Crippen LogP contribution in [-0.4, -0.2) is 50.3 Å². The van der Waals surface area contributed by atoms with Gasteiger partial charge >= 0.3 is 0 Å². The zero-order chi connectivity index (χ0) is 10.4. The molecule has 1 aliphatic rings. The second kappa shape index (κ2) is 6.38. The van der Waals surface area contributed by atoms with Crippen LogP contribution in [0.1, 0.15) is 26.7 Å². The van der Waals surface area contributed by atoms with Gasteiger partial charge in [0, 0.05) is 18.7 Å². The highest BCUT2D eigenvalue weighted by atomic mass is 16.5. The van der Waals surface area contributed by atoms with Gasteiger partial charge in [-0.2, -0.15) is 0 Å². The number of hydrogen-bond acceptors (Lipinski definition) is 3. The fraction of sp³-hybridized carbons (Fsp3) is 1.00. The summed E-state index contributed by atoms with van der Waals surface area (Å²) in [6.45, 7) is 8.50. The summed E-state index contributed by atoms with van der Waals surface area (Å²) in [5.74, 6) is 0. The largest absolute Gasteiger partial charge is 0.380 e. The molecule has 84 valence electrons. The van der Waals surface area contributed by atoms with Crippen molar-refractivity contribution >= 4 is 0 Å². The molecule has 0 amide bonds. The Morgan fingerprint density at radius 3 is 2.93 bits per heavy atom. The second-order valence-electron chi connectivity index (χ2n) is 4.17. The Hall–Kier alpha value is -0.120. The third-order valence-corrected chi connectivity index (χ3v) is 3.17. The molecule has 0 spiro atoms. The van der Waals surface area contributed by atoms with Crippen molar-refractivity contribution in [3.05, 3.63) is 0 Å². The molecule has 1 aliphatic heterocycles. The van der Waals surface area contributed by atoms with Gasteiger partial charge in [-0.1, -0.05) is 6.92 Å². The topological polar surface area (TPSA) is 24.5 Å². The van der Waals surface area contributed by atoms with Gasteiger partial charge in [0.05, 0.1) is 6.61 Å². The molecule has 0 aromatic rings. The zero-order valence-corrected chi connectivity index (χ0v) is 9.75. The lowest BCUT2D eigenvalue weighted by atomic mass is 10.1. The van der Waals surface area contributed by atoms with Crippen LogP contribution in [0.15, 0.2) is 0 Å². The van der Waals surface area contributed by atoms with E-state index in [1.54, 1.807) is 0 Å². The first-order valence-corrected chi connectivity index (χ1v) is 5.76. The van der Waals surface area contributed by atoms with Crippen LogP contribution in [0.25, 0.3) is 0 Å². The maximum absolute atomic E-state index is 5.40. The zero-order valence-electron chi connectivity index (χ0n) is 9.75. The molecule has 14 heavy (non-hydrogen) atoms. The molecule has 3 heteroatoms. The van der Waals surface area contributed by atoms with E-state index >= 15 is 0 Å². The van der Waals surface area contributed by atoms with Crippen LogP contribution in [0, 0.1) is 0 Å². The van der Waals surface area contributed by atoms with Crippen molar-refractivity contribution in [1.29, 1.82) is 0 Å². The highest BCUT2D eigenvalue weighted by Crippen LogP contribution is 2.14. The maximum Gasteiger partial charge on any atom is 0.0622 e. The van der Waals surface area contributed by atoms with Gasteiger partial charge in [0.1, 0.15) is 0 Å². The van der Waals surface area contributed by atoms with E-state index in [-0.39, 0.29) is 0 Å². The minimum Gasteiger partial charge on any atom is -0.380 e. The van der Waals surface area contributed by atoms with Crippen molar-refractivity contribution in [2.24, 2.45) is 0 Å². The van der Waals surface area contributed by atoms with E-state index in [2.05, 4.69) is 31.1 Å². The Labute approximate surface area is 87.8 Å². The molecule has 0 saturated carbocycles. The van der Waals surface area contributed by atoms with Crippen molar-refractivity contribution in [3.8, 4) is 0 Å². The molecule has 0 aromatic carbocycles. The fourth-order valence-corrected chi connectivity index (χ4v) is 1.89. The molecule has 3 nitrogen and oxygen atoms in total. The van der Waals surface area contributed by atoms with E-state index in [0.29, 0.717) is 12.1 Å². The highest BCUT2D eigenvalue weighted by Gasteiger charge is 2.23. The summed E-state index contributed by atoms with van der Waals surface area (Å²) in [4.78, 5) is 2.46. The van der Waals surface area contributed by atoms with Crippen molar-refractivity contribution in [2.75, 3.05) is 33.4 Å². The lowest BCUT2D eigenvalue weighted by Gasteiger charge is -2.29. The van der Waals surface area contributed by atoms with E-state index in [0.717, 1.165) is 26.3 Å². The number of rotatable bonds is 6. The van der Waals surface area contributed by atoms with E-state index in [1.807, 2.05) is 0 Å². The minimum atomic E-state index is 0.645. The van der Waals surface area contributed by atoms with Crippen LogP contribution in [0.4, 0.5) is 0 Å². The van der Waals surface area contributed by atoms with Crippen LogP contribution >= 0.6 is 0 Å². The summed E-state index contributed by atoms with van der Waals surface area (Å²) >= 11 is 0. The molecule has 2 unspecified atom stereocenters. The Kier molecular flexibility index (Phi) is 5.45. The molecule has 0 aliphatic carbocycles. The Morgan fingerprint density at radius 1 is 1.57 bits per heavy atom. The molecule has 1 saturated heterocycles. The maximum atomic E-state index is 5.40. The standard InChI is InChI=1S/C11H24N2O/c1-4-12-7-5-10(2)13(3)11-6-8-14-9-11/h10-12H,4-9H2,1-3H3. The summed E-state index contributed by atoms with van der Waals surface area (Å²) in [6, 6.07) is 1.30. The average molecular weight is 200 g/mol. The van der Waals surface area contributed by atoms with Crippen molar-refractivity contribution in [2.45, 2.75) is 38.8 Å². The molecular weight excluding hydrogens is 176 g/mol. The fourth-order valence-electron chi connectivity index (χ4n) is 1.89. The van der Waals surface area contributed by atoms with Crippen molar-refractivity contribution < 1.29 is 4.74 Å². The van der Waals surface area contributed by atoms with Gasteiger partial charge < -0.3 is 10.1 Å². The van der Waals surface area contributed by atoms with Crippen LogP contribution in [-0.2, 0) is 4.74 Å². The van der Waals surface area contributed by atoms with Gasteiger partial charge in [0.15, 0.2) is 0 Å². The predicted octanol–water partition coefficient (Wildman–Crippen LogP) is 1.10. The summed E-state index contributed by atoms with van der Waals surface area (Å²) in [6.07, 6.45) is 2.42. The van der Waals surface area contributed by atoms with Crippen molar-refractivity contribution in [1.82, 2.24) is 10.2 Å². The Bertz CT molecular complexity index is 146. The average Bonchev–Trinajstić information content (AvgIpc) is 2.69. The summed E-state index contributed by atoms with van der Waals surface area (Å²) in [5, 5.41) is 3.37. The van der Waals surface area contributed by atoms with Gasteiger partial charge in [-0.3, -0.25) is 4.90 Å².